The molecular weight excluding hydrogens is 224 g/mol. The molecule has 2 aromatic heterocycles. The fourth-order valence-electron chi connectivity index (χ4n) is 1.77. The van der Waals surface area contributed by atoms with Crippen molar-refractivity contribution in [2.75, 3.05) is 0 Å². The van der Waals surface area contributed by atoms with Crippen LogP contribution in [-0.2, 0) is 4.79 Å². The van der Waals surface area contributed by atoms with E-state index in [9.17, 15) is 4.79 Å². The number of thiophene rings is 1. The highest BCUT2D eigenvalue weighted by Crippen LogP contribution is 2.25. The molecule has 0 bridgehead atoms. The van der Waals surface area contributed by atoms with Gasteiger partial charge < -0.3 is 5.32 Å². The third-order valence-electron chi connectivity index (χ3n) is 2.57. The largest absolute Gasteiger partial charge is 0.346 e. The van der Waals surface area contributed by atoms with E-state index >= 15 is 0 Å². The number of H-pyrrole nitrogens is 1. The molecule has 1 atom stereocenters. The van der Waals surface area contributed by atoms with Crippen LogP contribution in [0.25, 0.3) is 10.7 Å². The van der Waals surface area contributed by atoms with Crippen molar-refractivity contribution in [3.63, 3.8) is 0 Å². The Bertz CT molecular complexity index is 505. The topological polar surface area (TPSA) is 70.7 Å². The summed E-state index contributed by atoms with van der Waals surface area (Å²) in [4.78, 5) is 16.5. The van der Waals surface area contributed by atoms with Crippen LogP contribution in [0.5, 0.6) is 0 Å². The molecule has 1 amide bonds. The molecule has 2 aromatic rings. The summed E-state index contributed by atoms with van der Waals surface area (Å²) in [5.41, 5.74) is 0. The molecule has 0 radical (unpaired) electrons. The van der Waals surface area contributed by atoms with E-state index in [2.05, 4.69) is 20.5 Å². The van der Waals surface area contributed by atoms with Crippen LogP contribution >= 0.6 is 11.3 Å². The Balaban J connectivity index is 1.85. The van der Waals surface area contributed by atoms with E-state index in [0.29, 0.717) is 12.2 Å². The molecule has 1 unspecified atom stereocenters. The summed E-state index contributed by atoms with van der Waals surface area (Å²) in [6, 6.07) is 3.94. The maximum Gasteiger partial charge on any atom is 0.220 e. The number of aromatic nitrogens is 3. The summed E-state index contributed by atoms with van der Waals surface area (Å²) >= 11 is 1.60. The van der Waals surface area contributed by atoms with E-state index < -0.39 is 0 Å². The fraction of sp³-hybridized carbons (Fsp3) is 0.300. The van der Waals surface area contributed by atoms with E-state index in [-0.39, 0.29) is 11.9 Å². The molecular formula is C10H10N4OS. The maximum absolute atomic E-state index is 11.1. The number of amides is 1. The quantitative estimate of drug-likeness (QED) is 0.827. The predicted octanol–water partition coefficient (Wildman–Crippen LogP) is 1.48. The van der Waals surface area contributed by atoms with Gasteiger partial charge in [-0.05, 0) is 17.9 Å². The lowest BCUT2D eigenvalue weighted by molar-refractivity contribution is -0.119. The van der Waals surface area contributed by atoms with Crippen molar-refractivity contribution in [3.8, 4) is 10.7 Å². The lowest BCUT2D eigenvalue weighted by Crippen LogP contribution is -2.19. The Morgan fingerprint density at radius 3 is 3.12 bits per heavy atom. The van der Waals surface area contributed by atoms with Gasteiger partial charge in [0.25, 0.3) is 0 Å². The van der Waals surface area contributed by atoms with Gasteiger partial charge >= 0.3 is 0 Å². The van der Waals surface area contributed by atoms with Crippen molar-refractivity contribution in [1.82, 2.24) is 20.5 Å². The Kier molecular flexibility index (Phi) is 2.21. The van der Waals surface area contributed by atoms with Gasteiger partial charge in [-0.3, -0.25) is 9.89 Å². The smallest absolute Gasteiger partial charge is 0.220 e. The van der Waals surface area contributed by atoms with Crippen LogP contribution in [0.15, 0.2) is 17.5 Å². The number of nitrogens with one attached hydrogen (secondary N) is 2. The fourth-order valence-corrected chi connectivity index (χ4v) is 2.42. The number of hydrogen-bond donors (Lipinski definition) is 2. The zero-order valence-electron chi connectivity index (χ0n) is 8.43. The van der Waals surface area contributed by atoms with Crippen LogP contribution in [0.2, 0.25) is 0 Å². The molecule has 3 rings (SSSR count). The maximum atomic E-state index is 11.1. The van der Waals surface area contributed by atoms with Gasteiger partial charge in [0, 0.05) is 6.42 Å². The van der Waals surface area contributed by atoms with Crippen molar-refractivity contribution in [2.24, 2.45) is 0 Å². The first-order valence-electron chi connectivity index (χ1n) is 5.08. The lowest BCUT2D eigenvalue weighted by Gasteiger charge is -2.03. The van der Waals surface area contributed by atoms with Gasteiger partial charge in [0.15, 0.2) is 5.82 Å². The van der Waals surface area contributed by atoms with Crippen LogP contribution < -0.4 is 5.32 Å². The van der Waals surface area contributed by atoms with Crippen molar-refractivity contribution in [1.29, 1.82) is 0 Å². The molecule has 0 spiro atoms. The average molecular weight is 234 g/mol. The summed E-state index contributed by atoms with van der Waals surface area (Å²) < 4.78 is 0. The molecule has 0 saturated carbocycles. The Morgan fingerprint density at radius 2 is 2.44 bits per heavy atom. The SMILES string of the molecule is O=C1CCC(c2nc(-c3cccs3)n[nH]2)N1. The van der Waals surface area contributed by atoms with Gasteiger partial charge in [-0.2, -0.15) is 5.10 Å². The molecule has 3 heterocycles. The minimum Gasteiger partial charge on any atom is -0.346 e. The number of nitrogens with zero attached hydrogens (tertiary/aromatic N) is 2. The first-order chi connectivity index (χ1) is 7.83. The Labute approximate surface area is 95.9 Å². The van der Waals surface area contributed by atoms with Crippen LogP contribution in [0.4, 0.5) is 0 Å². The number of aromatic amines is 1. The van der Waals surface area contributed by atoms with E-state index in [1.165, 1.54) is 0 Å². The zero-order chi connectivity index (χ0) is 11.0. The third kappa shape index (κ3) is 1.61. The second kappa shape index (κ2) is 3.71. The van der Waals surface area contributed by atoms with Gasteiger partial charge in [0.05, 0.1) is 10.9 Å². The molecule has 16 heavy (non-hydrogen) atoms. The third-order valence-corrected chi connectivity index (χ3v) is 3.44. The van der Waals surface area contributed by atoms with E-state index in [0.717, 1.165) is 17.1 Å². The Morgan fingerprint density at radius 1 is 1.50 bits per heavy atom. The summed E-state index contributed by atoms with van der Waals surface area (Å²) in [6.07, 6.45) is 1.36. The van der Waals surface area contributed by atoms with Gasteiger partial charge in [0.1, 0.15) is 5.82 Å². The van der Waals surface area contributed by atoms with Crippen molar-refractivity contribution >= 4 is 17.2 Å². The number of rotatable bonds is 2. The highest BCUT2D eigenvalue weighted by atomic mass is 32.1. The molecule has 5 nitrogen and oxygen atoms in total. The monoisotopic (exact) mass is 234 g/mol. The van der Waals surface area contributed by atoms with Gasteiger partial charge in [-0.1, -0.05) is 6.07 Å². The molecule has 82 valence electrons. The lowest BCUT2D eigenvalue weighted by atomic mass is 10.2. The Hall–Kier alpha value is -1.69. The first-order valence-corrected chi connectivity index (χ1v) is 5.96. The molecule has 1 saturated heterocycles. The normalized spacial score (nSPS) is 20.0. The van der Waals surface area contributed by atoms with Crippen molar-refractivity contribution < 1.29 is 4.79 Å². The first kappa shape index (κ1) is 9.53. The van der Waals surface area contributed by atoms with Gasteiger partial charge in [0.2, 0.25) is 5.91 Å². The number of carbonyl (C=O) groups is 1. The van der Waals surface area contributed by atoms with Crippen LogP contribution in [-0.4, -0.2) is 21.1 Å². The summed E-state index contributed by atoms with van der Waals surface area (Å²) in [5.74, 6) is 1.53. The standard InChI is InChI=1S/C10H10N4OS/c15-8-4-3-6(11-8)9-12-10(14-13-9)7-2-1-5-16-7/h1-2,5-6H,3-4H2,(H,11,15)(H,12,13,14). The van der Waals surface area contributed by atoms with Crippen molar-refractivity contribution in [3.05, 3.63) is 23.3 Å². The van der Waals surface area contributed by atoms with Gasteiger partial charge in [-0.25, -0.2) is 4.98 Å². The highest BCUT2D eigenvalue weighted by Gasteiger charge is 2.25. The van der Waals surface area contributed by atoms with Crippen LogP contribution in [0, 0.1) is 0 Å². The molecule has 2 N–H and O–H groups in total. The molecule has 0 aromatic carbocycles. The minimum absolute atomic E-state index is 0.00582. The minimum atomic E-state index is -0.00582. The zero-order valence-corrected chi connectivity index (χ0v) is 9.25. The van der Waals surface area contributed by atoms with Crippen LogP contribution in [0.1, 0.15) is 24.7 Å². The predicted molar refractivity (Wildman–Crippen MR) is 59.8 cm³/mol. The summed E-state index contributed by atoms with van der Waals surface area (Å²) in [6.45, 7) is 0. The van der Waals surface area contributed by atoms with Crippen molar-refractivity contribution in [2.45, 2.75) is 18.9 Å². The molecule has 1 fully saturated rings. The second-order valence-corrected chi connectivity index (χ2v) is 4.63. The molecule has 1 aliphatic heterocycles. The van der Waals surface area contributed by atoms with E-state index in [4.69, 9.17) is 0 Å². The average Bonchev–Trinajstić information content (AvgIpc) is 2.97. The highest BCUT2D eigenvalue weighted by molar-refractivity contribution is 7.13. The molecule has 1 aliphatic rings. The molecule has 6 heteroatoms. The van der Waals surface area contributed by atoms with E-state index in [1.54, 1.807) is 11.3 Å². The van der Waals surface area contributed by atoms with Gasteiger partial charge in [-0.15, -0.1) is 11.3 Å². The number of carbonyl (C=O) groups excluding carboxylic acids is 1. The van der Waals surface area contributed by atoms with Crippen LogP contribution in [0.3, 0.4) is 0 Å². The molecule has 0 aliphatic carbocycles. The number of hydrogen-bond acceptors (Lipinski definition) is 4. The van der Waals surface area contributed by atoms with E-state index in [1.807, 2.05) is 17.5 Å². The summed E-state index contributed by atoms with van der Waals surface area (Å²) in [5, 5.41) is 11.9. The second-order valence-electron chi connectivity index (χ2n) is 3.68. The summed E-state index contributed by atoms with van der Waals surface area (Å²) in [7, 11) is 0.